The molecule has 0 spiro atoms. The summed E-state index contributed by atoms with van der Waals surface area (Å²) in [6, 6.07) is 18.0. The second-order valence-electron chi connectivity index (χ2n) is 4.96. The quantitative estimate of drug-likeness (QED) is 0.761. The molecule has 0 N–H and O–H groups in total. The molecule has 0 aliphatic carbocycles. The summed E-state index contributed by atoms with van der Waals surface area (Å²) in [5.41, 5.74) is 3.44. The topological polar surface area (TPSA) is 20.3 Å². The first-order valence-electron chi connectivity index (χ1n) is 6.76. The second-order valence-corrected chi connectivity index (χ2v) is 4.96. The van der Waals surface area contributed by atoms with Gasteiger partial charge in [0, 0.05) is 18.7 Å². The van der Waals surface area contributed by atoms with E-state index in [1.807, 2.05) is 35.2 Å². The van der Waals surface area contributed by atoms with E-state index < -0.39 is 0 Å². The number of aryl methyl sites for hydroxylation is 1. The molecule has 0 radical (unpaired) electrons. The van der Waals surface area contributed by atoms with Crippen molar-refractivity contribution in [2.75, 3.05) is 6.54 Å². The van der Waals surface area contributed by atoms with E-state index in [-0.39, 0.29) is 5.91 Å². The summed E-state index contributed by atoms with van der Waals surface area (Å²) in [6.07, 6.45) is 2.10. The Morgan fingerprint density at radius 2 is 1.58 bits per heavy atom. The molecule has 0 saturated carbocycles. The number of rotatable bonds is 1. The molecule has 1 amide bonds. The highest BCUT2D eigenvalue weighted by Crippen LogP contribution is 2.19. The third-order valence-corrected chi connectivity index (χ3v) is 3.66. The first kappa shape index (κ1) is 12.0. The SMILES string of the molecule is O=C(c1ccccc1)N1CCCc2ccccc2C1. The molecule has 0 fully saturated rings. The number of benzene rings is 2. The average molecular weight is 251 g/mol. The Balaban J connectivity index is 1.85. The van der Waals surface area contributed by atoms with Crippen molar-refractivity contribution in [2.45, 2.75) is 19.4 Å². The van der Waals surface area contributed by atoms with E-state index >= 15 is 0 Å². The maximum atomic E-state index is 12.5. The van der Waals surface area contributed by atoms with E-state index in [1.54, 1.807) is 0 Å². The normalized spacial score (nSPS) is 14.6. The Morgan fingerprint density at radius 1 is 0.895 bits per heavy atom. The van der Waals surface area contributed by atoms with Crippen LogP contribution in [0.15, 0.2) is 54.6 Å². The molecule has 2 heteroatoms. The molecule has 1 aliphatic heterocycles. The van der Waals surface area contributed by atoms with E-state index in [4.69, 9.17) is 0 Å². The molecule has 2 nitrogen and oxygen atoms in total. The standard InChI is InChI=1S/C17H17NO/c19-17(15-8-2-1-3-9-15)18-12-6-11-14-7-4-5-10-16(14)13-18/h1-5,7-10H,6,11-13H2. The number of hydrogen-bond acceptors (Lipinski definition) is 1. The Morgan fingerprint density at radius 3 is 2.37 bits per heavy atom. The summed E-state index contributed by atoms with van der Waals surface area (Å²) in [7, 11) is 0. The van der Waals surface area contributed by atoms with Gasteiger partial charge in [0.1, 0.15) is 0 Å². The lowest BCUT2D eigenvalue weighted by molar-refractivity contribution is 0.0746. The predicted molar refractivity (Wildman–Crippen MR) is 75.9 cm³/mol. The van der Waals surface area contributed by atoms with Crippen LogP contribution in [0.5, 0.6) is 0 Å². The van der Waals surface area contributed by atoms with Crippen molar-refractivity contribution in [1.82, 2.24) is 4.90 Å². The third kappa shape index (κ3) is 2.53. The lowest BCUT2D eigenvalue weighted by atomic mass is 10.0. The maximum Gasteiger partial charge on any atom is 0.254 e. The zero-order chi connectivity index (χ0) is 13.1. The summed E-state index contributed by atoms with van der Waals surface area (Å²) in [5, 5.41) is 0. The Bertz CT molecular complexity index is 577. The molecule has 0 saturated heterocycles. The number of amides is 1. The molecule has 1 heterocycles. The Kier molecular flexibility index (Phi) is 3.32. The minimum Gasteiger partial charge on any atom is -0.334 e. The van der Waals surface area contributed by atoms with Crippen LogP contribution in [0, 0.1) is 0 Å². The Labute approximate surface area is 113 Å². The van der Waals surface area contributed by atoms with Gasteiger partial charge >= 0.3 is 0 Å². The van der Waals surface area contributed by atoms with E-state index in [0.717, 1.165) is 31.5 Å². The van der Waals surface area contributed by atoms with Gasteiger partial charge in [-0.3, -0.25) is 4.79 Å². The largest absolute Gasteiger partial charge is 0.334 e. The molecule has 3 rings (SSSR count). The van der Waals surface area contributed by atoms with Crippen molar-refractivity contribution < 1.29 is 4.79 Å². The number of fused-ring (bicyclic) bond motifs is 1. The summed E-state index contributed by atoms with van der Waals surface area (Å²) >= 11 is 0. The van der Waals surface area contributed by atoms with Gasteiger partial charge in [-0.2, -0.15) is 0 Å². The van der Waals surface area contributed by atoms with Crippen LogP contribution in [0.25, 0.3) is 0 Å². The van der Waals surface area contributed by atoms with Crippen molar-refractivity contribution >= 4 is 5.91 Å². The highest BCUT2D eigenvalue weighted by Gasteiger charge is 2.19. The van der Waals surface area contributed by atoms with Crippen molar-refractivity contribution in [3.63, 3.8) is 0 Å². The van der Waals surface area contributed by atoms with Crippen LogP contribution >= 0.6 is 0 Å². The molecule has 2 aromatic carbocycles. The summed E-state index contributed by atoms with van der Waals surface area (Å²) in [4.78, 5) is 14.4. The smallest absolute Gasteiger partial charge is 0.254 e. The minimum absolute atomic E-state index is 0.136. The number of hydrogen-bond donors (Lipinski definition) is 0. The van der Waals surface area contributed by atoms with Gasteiger partial charge in [-0.25, -0.2) is 0 Å². The van der Waals surface area contributed by atoms with Crippen molar-refractivity contribution in [3.8, 4) is 0 Å². The fourth-order valence-corrected chi connectivity index (χ4v) is 2.64. The molecular weight excluding hydrogens is 234 g/mol. The van der Waals surface area contributed by atoms with Gasteiger partial charge in [0.2, 0.25) is 0 Å². The molecule has 96 valence electrons. The number of nitrogens with zero attached hydrogens (tertiary/aromatic N) is 1. The van der Waals surface area contributed by atoms with Crippen molar-refractivity contribution in [3.05, 3.63) is 71.3 Å². The average Bonchev–Trinajstić information content (AvgIpc) is 2.69. The van der Waals surface area contributed by atoms with Gasteiger partial charge in [-0.15, -0.1) is 0 Å². The lowest BCUT2D eigenvalue weighted by Crippen LogP contribution is -2.30. The summed E-state index contributed by atoms with van der Waals surface area (Å²) in [6.45, 7) is 1.56. The van der Waals surface area contributed by atoms with Crippen LogP contribution < -0.4 is 0 Å². The van der Waals surface area contributed by atoms with E-state index in [2.05, 4.69) is 24.3 Å². The molecular formula is C17H17NO. The molecule has 2 aromatic rings. The van der Waals surface area contributed by atoms with Crippen LogP contribution in [-0.2, 0) is 13.0 Å². The fourth-order valence-electron chi connectivity index (χ4n) is 2.64. The predicted octanol–water partition coefficient (Wildman–Crippen LogP) is 3.28. The zero-order valence-corrected chi connectivity index (χ0v) is 10.9. The zero-order valence-electron chi connectivity index (χ0n) is 10.9. The third-order valence-electron chi connectivity index (χ3n) is 3.66. The van der Waals surface area contributed by atoms with Crippen LogP contribution in [0.1, 0.15) is 27.9 Å². The monoisotopic (exact) mass is 251 g/mol. The van der Waals surface area contributed by atoms with E-state index in [1.165, 1.54) is 11.1 Å². The molecule has 1 aliphatic rings. The minimum atomic E-state index is 0.136. The summed E-state index contributed by atoms with van der Waals surface area (Å²) < 4.78 is 0. The molecule has 0 unspecified atom stereocenters. The van der Waals surface area contributed by atoms with E-state index in [9.17, 15) is 4.79 Å². The molecule has 0 atom stereocenters. The van der Waals surface area contributed by atoms with Crippen LogP contribution in [-0.4, -0.2) is 17.4 Å². The van der Waals surface area contributed by atoms with E-state index in [0.29, 0.717) is 0 Å². The van der Waals surface area contributed by atoms with Crippen molar-refractivity contribution in [2.24, 2.45) is 0 Å². The van der Waals surface area contributed by atoms with Crippen molar-refractivity contribution in [1.29, 1.82) is 0 Å². The summed E-state index contributed by atoms with van der Waals surface area (Å²) in [5.74, 6) is 0.136. The second kappa shape index (κ2) is 5.27. The molecule has 19 heavy (non-hydrogen) atoms. The van der Waals surface area contributed by atoms with Gasteiger partial charge in [-0.05, 0) is 36.1 Å². The highest BCUT2D eigenvalue weighted by atomic mass is 16.2. The highest BCUT2D eigenvalue weighted by molar-refractivity contribution is 5.94. The van der Waals surface area contributed by atoms with Crippen LogP contribution in [0.3, 0.4) is 0 Å². The number of carbonyl (C=O) groups is 1. The lowest BCUT2D eigenvalue weighted by Gasteiger charge is -2.21. The maximum absolute atomic E-state index is 12.5. The van der Waals surface area contributed by atoms with Crippen LogP contribution in [0.4, 0.5) is 0 Å². The molecule has 0 aromatic heterocycles. The van der Waals surface area contributed by atoms with Gasteiger partial charge in [0.25, 0.3) is 5.91 Å². The Hall–Kier alpha value is -2.09. The van der Waals surface area contributed by atoms with Gasteiger partial charge < -0.3 is 4.90 Å². The molecule has 0 bridgehead atoms. The van der Waals surface area contributed by atoms with Gasteiger partial charge in [0.15, 0.2) is 0 Å². The van der Waals surface area contributed by atoms with Gasteiger partial charge in [0.05, 0.1) is 0 Å². The number of carbonyl (C=O) groups excluding carboxylic acids is 1. The first-order chi connectivity index (χ1) is 9.34. The fraction of sp³-hybridized carbons (Fsp3) is 0.235. The first-order valence-corrected chi connectivity index (χ1v) is 6.76. The van der Waals surface area contributed by atoms with Crippen LogP contribution in [0.2, 0.25) is 0 Å². The van der Waals surface area contributed by atoms with Gasteiger partial charge in [-0.1, -0.05) is 42.5 Å².